The summed E-state index contributed by atoms with van der Waals surface area (Å²) >= 11 is 0. The summed E-state index contributed by atoms with van der Waals surface area (Å²) in [4.78, 5) is 12.3. The number of amides is 1. The lowest BCUT2D eigenvalue weighted by molar-refractivity contribution is -0.0499. The van der Waals surface area contributed by atoms with Gasteiger partial charge >= 0.3 is 6.61 Å². The van der Waals surface area contributed by atoms with Crippen LogP contribution in [0.5, 0.6) is 5.75 Å². The molecule has 1 amide bonds. The SMILES string of the molecule is O=C(N/N=C/c1ccccc1OC(F)F)c1cccc(S(=O)(=O)N2CCCC2)c1. The van der Waals surface area contributed by atoms with E-state index in [2.05, 4.69) is 15.3 Å². The normalized spacial score (nSPS) is 15.1. The quantitative estimate of drug-likeness (QED) is 0.548. The second-order valence-corrected chi connectivity index (χ2v) is 8.19. The third kappa shape index (κ3) is 5.15. The molecule has 0 bridgehead atoms. The number of nitrogens with one attached hydrogen (secondary N) is 1. The van der Waals surface area contributed by atoms with Crippen molar-refractivity contribution in [1.29, 1.82) is 0 Å². The van der Waals surface area contributed by atoms with Gasteiger partial charge in [-0.1, -0.05) is 18.2 Å². The highest BCUT2D eigenvalue weighted by Crippen LogP contribution is 2.22. The zero-order chi connectivity index (χ0) is 20.9. The number of hydrogen-bond acceptors (Lipinski definition) is 5. The third-order valence-corrected chi connectivity index (χ3v) is 6.20. The lowest BCUT2D eigenvalue weighted by Gasteiger charge is -2.15. The Morgan fingerprint density at radius 3 is 2.59 bits per heavy atom. The van der Waals surface area contributed by atoms with Crippen molar-refractivity contribution in [2.45, 2.75) is 24.3 Å². The smallest absolute Gasteiger partial charge is 0.387 e. The summed E-state index contributed by atoms with van der Waals surface area (Å²) in [5.41, 5.74) is 2.61. The largest absolute Gasteiger partial charge is 0.434 e. The first-order valence-electron chi connectivity index (χ1n) is 8.85. The summed E-state index contributed by atoms with van der Waals surface area (Å²) in [5.74, 6) is -0.716. The number of rotatable bonds is 7. The number of nitrogens with zero attached hydrogens (tertiary/aromatic N) is 2. The molecule has 1 aliphatic heterocycles. The summed E-state index contributed by atoms with van der Waals surface area (Å²) in [6.45, 7) is -2.06. The van der Waals surface area contributed by atoms with Crippen LogP contribution in [-0.4, -0.2) is 44.5 Å². The topological polar surface area (TPSA) is 88.1 Å². The third-order valence-electron chi connectivity index (χ3n) is 4.30. The molecule has 10 heteroatoms. The minimum absolute atomic E-state index is 0.0340. The van der Waals surface area contributed by atoms with Gasteiger partial charge in [0.1, 0.15) is 5.75 Å². The number of ether oxygens (including phenoxy) is 1. The van der Waals surface area contributed by atoms with Gasteiger partial charge in [0.2, 0.25) is 10.0 Å². The molecule has 1 heterocycles. The molecule has 1 fully saturated rings. The van der Waals surface area contributed by atoms with Gasteiger partial charge in [0.05, 0.1) is 11.1 Å². The summed E-state index contributed by atoms with van der Waals surface area (Å²) in [7, 11) is -3.65. The van der Waals surface area contributed by atoms with Gasteiger partial charge in [-0.05, 0) is 43.2 Å². The molecule has 2 aromatic carbocycles. The summed E-state index contributed by atoms with van der Waals surface area (Å²) in [6, 6.07) is 11.6. The van der Waals surface area contributed by atoms with Crippen LogP contribution in [0.25, 0.3) is 0 Å². The molecule has 0 unspecified atom stereocenters. The Hall–Kier alpha value is -2.85. The van der Waals surface area contributed by atoms with Crippen LogP contribution in [0.1, 0.15) is 28.8 Å². The second-order valence-electron chi connectivity index (χ2n) is 6.25. The van der Waals surface area contributed by atoms with Gasteiger partial charge in [0.15, 0.2) is 0 Å². The number of sulfonamides is 1. The van der Waals surface area contributed by atoms with E-state index in [0.717, 1.165) is 12.8 Å². The predicted molar refractivity (Wildman–Crippen MR) is 103 cm³/mol. The average molecular weight is 423 g/mol. The Bertz CT molecular complexity index is 1010. The Kier molecular flexibility index (Phi) is 6.55. The first kappa shape index (κ1) is 20.9. The fourth-order valence-corrected chi connectivity index (χ4v) is 4.45. The number of para-hydroxylation sites is 1. The van der Waals surface area contributed by atoms with Crippen molar-refractivity contribution in [3.05, 3.63) is 59.7 Å². The fraction of sp³-hybridized carbons (Fsp3) is 0.263. The van der Waals surface area contributed by atoms with E-state index < -0.39 is 22.5 Å². The minimum Gasteiger partial charge on any atom is -0.434 e. The predicted octanol–water partition coefficient (Wildman–Crippen LogP) is 2.84. The van der Waals surface area contributed by atoms with Crippen LogP contribution in [0.4, 0.5) is 8.78 Å². The van der Waals surface area contributed by atoms with Crippen LogP contribution in [0.15, 0.2) is 58.5 Å². The van der Waals surface area contributed by atoms with E-state index in [4.69, 9.17) is 0 Å². The zero-order valence-electron chi connectivity index (χ0n) is 15.3. The van der Waals surface area contributed by atoms with Gasteiger partial charge in [-0.25, -0.2) is 13.8 Å². The molecule has 1 saturated heterocycles. The summed E-state index contributed by atoms with van der Waals surface area (Å²) < 4.78 is 55.9. The maximum atomic E-state index is 12.6. The summed E-state index contributed by atoms with van der Waals surface area (Å²) in [5, 5.41) is 3.75. The van der Waals surface area contributed by atoms with Crippen molar-refractivity contribution < 1.29 is 26.7 Å². The van der Waals surface area contributed by atoms with E-state index in [0.29, 0.717) is 13.1 Å². The van der Waals surface area contributed by atoms with Crippen LogP contribution in [-0.2, 0) is 10.0 Å². The molecule has 7 nitrogen and oxygen atoms in total. The number of alkyl halides is 2. The Morgan fingerprint density at radius 1 is 1.14 bits per heavy atom. The molecule has 154 valence electrons. The van der Waals surface area contributed by atoms with E-state index in [1.54, 1.807) is 6.07 Å². The van der Waals surface area contributed by atoms with Gasteiger partial charge in [-0.3, -0.25) is 4.79 Å². The molecule has 0 atom stereocenters. The number of carbonyl (C=O) groups is 1. The maximum absolute atomic E-state index is 12.6. The molecule has 2 aromatic rings. The fourth-order valence-electron chi connectivity index (χ4n) is 2.89. The molecule has 0 radical (unpaired) electrons. The van der Waals surface area contributed by atoms with Crippen LogP contribution in [0.3, 0.4) is 0 Å². The van der Waals surface area contributed by atoms with E-state index in [9.17, 15) is 22.0 Å². The highest BCUT2D eigenvalue weighted by Gasteiger charge is 2.27. The average Bonchev–Trinajstić information content (AvgIpc) is 3.25. The van der Waals surface area contributed by atoms with Crippen molar-refractivity contribution in [2.24, 2.45) is 5.10 Å². The first-order chi connectivity index (χ1) is 13.9. The van der Waals surface area contributed by atoms with Gasteiger partial charge in [0, 0.05) is 24.2 Å². The van der Waals surface area contributed by atoms with E-state index in [1.807, 2.05) is 0 Å². The molecular weight excluding hydrogens is 404 g/mol. The van der Waals surface area contributed by atoms with Crippen molar-refractivity contribution in [3.8, 4) is 5.75 Å². The lowest BCUT2D eigenvalue weighted by atomic mass is 10.2. The molecule has 1 aliphatic rings. The molecule has 0 aliphatic carbocycles. The molecule has 29 heavy (non-hydrogen) atoms. The first-order valence-corrected chi connectivity index (χ1v) is 10.3. The lowest BCUT2D eigenvalue weighted by Crippen LogP contribution is -2.28. The Labute approximate surface area is 167 Å². The minimum atomic E-state index is -3.65. The number of benzene rings is 2. The van der Waals surface area contributed by atoms with Gasteiger partial charge in [0.25, 0.3) is 5.91 Å². The number of carbonyl (C=O) groups excluding carboxylic acids is 1. The molecule has 1 N–H and O–H groups in total. The molecular formula is C19H19F2N3O4S. The summed E-state index contributed by atoms with van der Waals surface area (Å²) in [6.07, 6.45) is 2.79. The number of hydrazone groups is 1. The van der Waals surface area contributed by atoms with Crippen LogP contribution >= 0.6 is 0 Å². The number of hydrogen-bond donors (Lipinski definition) is 1. The highest BCUT2D eigenvalue weighted by molar-refractivity contribution is 7.89. The van der Waals surface area contributed by atoms with Crippen molar-refractivity contribution in [3.63, 3.8) is 0 Å². The van der Waals surface area contributed by atoms with Crippen LogP contribution in [0, 0.1) is 0 Å². The van der Waals surface area contributed by atoms with E-state index in [-0.39, 0.29) is 21.8 Å². The molecule has 3 rings (SSSR count). The molecule has 0 spiro atoms. The maximum Gasteiger partial charge on any atom is 0.387 e. The van der Waals surface area contributed by atoms with Crippen molar-refractivity contribution in [2.75, 3.05) is 13.1 Å². The highest BCUT2D eigenvalue weighted by atomic mass is 32.2. The Morgan fingerprint density at radius 2 is 1.86 bits per heavy atom. The standard InChI is InChI=1S/C19H19F2N3O4S/c20-19(21)28-17-9-2-1-6-15(17)13-22-23-18(25)14-7-5-8-16(12-14)29(26,27)24-10-3-4-11-24/h1-2,5-9,12-13,19H,3-4,10-11H2,(H,23,25)/b22-13+. The van der Waals surface area contributed by atoms with Gasteiger partial charge in [-0.2, -0.15) is 18.2 Å². The van der Waals surface area contributed by atoms with Crippen molar-refractivity contribution in [1.82, 2.24) is 9.73 Å². The van der Waals surface area contributed by atoms with Crippen LogP contribution in [0.2, 0.25) is 0 Å². The Balaban J connectivity index is 1.71. The van der Waals surface area contributed by atoms with Crippen molar-refractivity contribution >= 4 is 22.1 Å². The van der Waals surface area contributed by atoms with Crippen LogP contribution < -0.4 is 10.2 Å². The second kappa shape index (κ2) is 9.10. The zero-order valence-corrected chi connectivity index (χ0v) is 16.1. The van der Waals surface area contributed by atoms with E-state index in [1.165, 1.54) is 53.0 Å². The molecule has 0 aromatic heterocycles. The van der Waals surface area contributed by atoms with Gasteiger partial charge in [-0.15, -0.1) is 0 Å². The number of halogens is 2. The molecule has 0 saturated carbocycles. The van der Waals surface area contributed by atoms with Gasteiger partial charge < -0.3 is 4.74 Å². The van der Waals surface area contributed by atoms with E-state index >= 15 is 0 Å². The monoisotopic (exact) mass is 423 g/mol.